The van der Waals surface area contributed by atoms with Crippen LogP contribution in [-0.4, -0.2) is 14.5 Å². The maximum atomic E-state index is 8.29. The average molecular weight is 493 g/mol. The summed E-state index contributed by atoms with van der Waals surface area (Å²) >= 11 is 1.63. The average Bonchev–Trinajstić information content (AvgIpc) is 3.45. The molecule has 3 aromatic heterocycles. The predicted octanol–water partition coefficient (Wildman–Crippen LogP) is 9.32. The topological polar surface area (TPSA) is 30.7 Å². The highest BCUT2D eigenvalue weighted by atomic mass is 32.1. The Morgan fingerprint density at radius 2 is 1.67 bits per heavy atom. The lowest BCUT2D eigenvalue weighted by atomic mass is 9.92. The summed E-state index contributed by atoms with van der Waals surface area (Å²) in [6, 6.07) is 20.4. The molecule has 0 spiro atoms. The number of imidazole rings is 1. The number of rotatable bonds is 4. The van der Waals surface area contributed by atoms with E-state index < -0.39 is 6.85 Å². The molecule has 0 N–H and O–H groups in total. The number of benzene rings is 3. The fourth-order valence-corrected chi connectivity index (χ4v) is 6.50. The first-order chi connectivity index (χ1) is 18.6. The second-order valence-electron chi connectivity index (χ2n) is 10.1. The van der Waals surface area contributed by atoms with E-state index in [1.807, 2.05) is 43.5 Å². The van der Waals surface area contributed by atoms with Crippen molar-refractivity contribution in [1.29, 1.82) is 0 Å². The first kappa shape index (κ1) is 19.7. The zero-order chi connectivity index (χ0) is 27.6. The largest absolute Gasteiger partial charge is 0.290 e. The van der Waals surface area contributed by atoms with Crippen LogP contribution in [0, 0.1) is 13.8 Å². The van der Waals surface area contributed by atoms with Gasteiger partial charge in [0.05, 0.1) is 22.9 Å². The highest BCUT2D eigenvalue weighted by molar-refractivity contribution is 7.26. The van der Waals surface area contributed by atoms with Gasteiger partial charge in [-0.25, -0.2) is 4.98 Å². The molecular formula is C32H31N3S. The molecule has 0 atom stereocenters. The van der Waals surface area contributed by atoms with Gasteiger partial charge in [-0.2, -0.15) is 0 Å². The maximum absolute atomic E-state index is 8.29. The second kappa shape index (κ2) is 8.56. The third kappa shape index (κ3) is 3.47. The monoisotopic (exact) mass is 492 g/mol. The fourth-order valence-electron chi connectivity index (χ4n) is 5.26. The lowest BCUT2D eigenvalue weighted by molar-refractivity contribution is 0.811. The van der Waals surface area contributed by atoms with Crippen molar-refractivity contribution in [2.24, 2.45) is 0 Å². The highest BCUT2D eigenvalue weighted by Crippen LogP contribution is 2.44. The minimum atomic E-state index is -2.23. The van der Waals surface area contributed by atoms with Crippen molar-refractivity contribution in [2.75, 3.05) is 0 Å². The van der Waals surface area contributed by atoms with E-state index in [0.29, 0.717) is 17.4 Å². The smallest absolute Gasteiger partial charge is 0.147 e. The van der Waals surface area contributed by atoms with E-state index in [2.05, 4.69) is 61.5 Å². The fraction of sp³-hybridized carbons (Fsp3) is 0.250. The number of pyridine rings is 1. The summed E-state index contributed by atoms with van der Waals surface area (Å²) in [5.41, 5.74) is 7.66. The number of hydrogen-bond acceptors (Lipinski definition) is 3. The van der Waals surface area contributed by atoms with Gasteiger partial charge in [0, 0.05) is 35.5 Å². The molecule has 0 bridgehead atoms. The lowest BCUT2D eigenvalue weighted by Crippen LogP contribution is -2.08. The molecule has 180 valence electrons. The third-order valence-electron chi connectivity index (χ3n) is 7.01. The van der Waals surface area contributed by atoms with Crippen molar-refractivity contribution in [3.8, 4) is 17.1 Å². The van der Waals surface area contributed by atoms with Crippen LogP contribution in [0.3, 0.4) is 0 Å². The van der Waals surface area contributed by atoms with Crippen LogP contribution in [0.25, 0.3) is 48.3 Å². The molecule has 3 nitrogen and oxygen atoms in total. The molecule has 0 aliphatic carbocycles. The van der Waals surface area contributed by atoms with Crippen molar-refractivity contribution >= 4 is 42.5 Å². The molecule has 36 heavy (non-hydrogen) atoms. The molecule has 0 aliphatic rings. The normalized spacial score (nSPS) is 13.7. The SMILES string of the molecule is [2H]C([2H])([2H])c1ccc(-c2nc3cc(C)ncc3n2-c2c(C(C)C)cccc2C(C)C)c2sc3ccccc3c12. The standard InChI is InChI=1S/C32H31N3S/c1-18(2)22-11-9-12-23(19(3)4)30(22)35-27-17-33-21(6)16-26(27)34-32(35)25-15-14-20(5)29-24-10-7-8-13-28(24)36-31(25)29/h7-19H,1-6H3/i5D3. The lowest BCUT2D eigenvalue weighted by Gasteiger charge is -2.22. The minimum Gasteiger partial charge on any atom is -0.290 e. The van der Waals surface area contributed by atoms with E-state index in [1.165, 1.54) is 11.1 Å². The second-order valence-corrected chi connectivity index (χ2v) is 11.2. The summed E-state index contributed by atoms with van der Waals surface area (Å²) in [6.45, 7) is 8.64. The Hall–Kier alpha value is -3.50. The number of aryl methyl sites for hydroxylation is 2. The molecule has 3 aromatic carbocycles. The van der Waals surface area contributed by atoms with Crippen LogP contribution in [0.1, 0.15) is 66.0 Å². The quantitative estimate of drug-likeness (QED) is 0.245. The van der Waals surface area contributed by atoms with Gasteiger partial charge in [-0.3, -0.25) is 9.55 Å². The molecule has 0 saturated heterocycles. The predicted molar refractivity (Wildman–Crippen MR) is 155 cm³/mol. The van der Waals surface area contributed by atoms with Gasteiger partial charge in [-0.15, -0.1) is 11.3 Å². The maximum Gasteiger partial charge on any atom is 0.147 e. The Morgan fingerprint density at radius 3 is 2.39 bits per heavy atom. The van der Waals surface area contributed by atoms with Crippen LogP contribution >= 0.6 is 11.3 Å². The molecule has 0 aliphatic heterocycles. The number of para-hydroxylation sites is 1. The van der Waals surface area contributed by atoms with E-state index in [1.54, 1.807) is 17.4 Å². The Labute approximate surface area is 220 Å². The van der Waals surface area contributed by atoms with Gasteiger partial charge >= 0.3 is 0 Å². The summed E-state index contributed by atoms with van der Waals surface area (Å²) in [5.74, 6) is 1.40. The van der Waals surface area contributed by atoms with Crippen LogP contribution in [-0.2, 0) is 0 Å². The molecule has 6 rings (SSSR count). The highest BCUT2D eigenvalue weighted by Gasteiger charge is 2.24. The van der Waals surface area contributed by atoms with E-state index in [9.17, 15) is 0 Å². The van der Waals surface area contributed by atoms with Crippen molar-refractivity contribution in [3.05, 3.63) is 89.2 Å². The zero-order valence-corrected chi connectivity index (χ0v) is 22.1. The van der Waals surface area contributed by atoms with Crippen LogP contribution < -0.4 is 0 Å². The zero-order valence-electron chi connectivity index (χ0n) is 24.3. The molecule has 4 heteroatoms. The summed E-state index contributed by atoms with van der Waals surface area (Å²) in [4.78, 5) is 9.88. The first-order valence-corrected chi connectivity index (χ1v) is 13.3. The molecule has 0 saturated carbocycles. The van der Waals surface area contributed by atoms with Gasteiger partial charge in [-0.1, -0.05) is 70.2 Å². The van der Waals surface area contributed by atoms with Crippen molar-refractivity contribution in [3.63, 3.8) is 0 Å². The van der Waals surface area contributed by atoms with Crippen LogP contribution in [0.15, 0.2) is 66.9 Å². The van der Waals surface area contributed by atoms with Gasteiger partial charge in [0.2, 0.25) is 0 Å². The molecule has 0 radical (unpaired) electrons. The van der Waals surface area contributed by atoms with E-state index in [-0.39, 0.29) is 0 Å². The number of aromatic nitrogens is 3. The molecule has 0 fully saturated rings. The number of fused-ring (bicyclic) bond motifs is 4. The van der Waals surface area contributed by atoms with Crippen LogP contribution in [0.4, 0.5) is 0 Å². The van der Waals surface area contributed by atoms with Crippen LogP contribution in [0.2, 0.25) is 0 Å². The van der Waals surface area contributed by atoms with E-state index >= 15 is 0 Å². The van der Waals surface area contributed by atoms with Gasteiger partial charge in [0.25, 0.3) is 0 Å². The summed E-state index contributed by atoms with van der Waals surface area (Å²) in [6.07, 6.45) is 1.92. The molecule has 0 unspecified atom stereocenters. The van der Waals surface area contributed by atoms with Crippen molar-refractivity contribution in [2.45, 2.75) is 53.3 Å². The van der Waals surface area contributed by atoms with E-state index in [0.717, 1.165) is 54.0 Å². The minimum absolute atomic E-state index is 0.296. The van der Waals surface area contributed by atoms with Crippen LogP contribution in [0.5, 0.6) is 0 Å². The Kier molecular flexibility index (Phi) is 4.68. The molecule has 0 amide bonds. The number of thiophene rings is 1. The third-order valence-corrected chi connectivity index (χ3v) is 8.21. The van der Waals surface area contributed by atoms with Crippen molar-refractivity contribution < 1.29 is 4.11 Å². The summed E-state index contributed by atoms with van der Waals surface area (Å²) < 4.78 is 29.1. The van der Waals surface area contributed by atoms with Gasteiger partial charge in [0.15, 0.2) is 0 Å². The van der Waals surface area contributed by atoms with Crippen molar-refractivity contribution in [1.82, 2.24) is 14.5 Å². The summed E-state index contributed by atoms with van der Waals surface area (Å²) in [7, 11) is 0. The molecule has 3 heterocycles. The Morgan fingerprint density at radius 1 is 0.917 bits per heavy atom. The molecular weight excluding hydrogens is 458 g/mol. The van der Waals surface area contributed by atoms with Gasteiger partial charge in [-0.05, 0) is 60.5 Å². The number of hydrogen-bond donors (Lipinski definition) is 0. The number of nitrogens with zero attached hydrogens (tertiary/aromatic N) is 3. The Balaban J connectivity index is 1.80. The summed E-state index contributed by atoms with van der Waals surface area (Å²) in [5, 5.41) is 1.76. The van der Waals surface area contributed by atoms with Gasteiger partial charge in [0.1, 0.15) is 5.82 Å². The Bertz CT molecular complexity index is 1850. The molecule has 6 aromatic rings. The van der Waals surface area contributed by atoms with E-state index in [4.69, 9.17) is 9.10 Å². The van der Waals surface area contributed by atoms with Gasteiger partial charge < -0.3 is 0 Å². The first-order valence-electron chi connectivity index (χ1n) is 14.0.